The predicted octanol–water partition coefficient (Wildman–Crippen LogP) is 2.68. The van der Waals surface area contributed by atoms with Crippen LogP contribution in [0.25, 0.3) is 0 Å². The van der Waals surface area contributed by atoms with Gasteiger partial charge in [-0.15, -0.1) is 0 Å². The summed E-state index contributed by atoms with van der Waals surface area (Å²) >= 11 is 1.44. The number of carbonyl (C=O) groups is 2. The molecule has 0 spiro atoms. The Morgan fingerprint density at radius 2 is 1.62 bits per heavy atom. The van der Waals surface area contributed by atoms with Crippen LogP contribution in [-0.4, -0.2) is 39.4 Å². The van der Waals surface area contributed by atoms with Crippen molar-refractivity contribution < 1.29 is 30.0 Å². The number of carboxylic acids is 2. The van der Waals surface area contributed by atoms with Crippen LogP contribution >= 0.6 is 11.8 Å². The van der Waals surface area contributed by atoms with Gasteiger partial charge in [0, 0.05) is 23.6 Å². The van der Waals surface area contributed by atoms with Crippen molar-refractivity contribution in [1.29, 1.82) is 0 Å². The van der Waals surface area contributed by atoms with Crippen LogP contribution in [0.1, 0.15) is 5.56 Å². The second-order valence-corrected chi connectivity index (χ2v) is 5.99. The minimum Gasteiger partial charge on any atom is -0.508 e. The van der Waals surface area contributed by atoms with E-state index in [0.717, 1.165) is 17.0 Å². The Balaban J connectivity index is 0.000000359. The van der Waals surface area contributed by atoms with Gasteiger partial charge in [0.25, 0.3) is 0 Å². The highest BCUT2D eigenvalue weighted by atomic mass is 32.2. The van der Waals surface area contributed by atoms with Crippen molar-refractivity contribution in [3.05, 3.63) is 60.2 Å². The molecule has 0 aromatic heterocycles. The summed E-state index contributed by atoms with van der Waals surface area (Å²) in [5, 5.41) is 38.0. The quantitative estimate of drug-likeness (QED) is 0.384. The van der Waals surface area contributed by atoms with E-state index in [2.05, 4.69) is 5.32 Å². The van der Waals surface area contributed by atoms with E-state index in [-0.39, 0.29) is 11.5 Å². The zero-order chi connectivity index (χ0) is 19.5. The average Bonchev–Trinajstić information content (AvgIpc) is 2.59. The molecule has 138 valence electrons. The first kappa shape index (κ1) is 21.1. The highest BCUT2D eigenvalue weighted by molar-refractivity contribution is 7.99. The van der Waals surface area contributed by atoms with E-state index >= 15 is 0 Å². The number of phenolic OH excluding ortho intramolecular Hbond substituents is 2. The Morgan fingerprint density at radius 3 is 2.19 bits per heavy atom. The van der Waals surface area contributed by atoms with Gasteiger partial charge in [0.05, 0.1) is 4.90 Å². The van der Waals surface area contributed by atoms with Gasteiger partial charge in [0.1, 0.15) is 11.5 Å². The van der Waals surface area contributed by atoms with E-state index in [9.17, 15) is 19.8 Å². The van der Waals surface area contributed by atoms with Crippen molar-refractivity contribution in [2.75, 3.05) is 7.05 Å². The van der Waals surface area contributed by atoms with Gasteiger partial charge in [-0.1, -0.05) is 30.0 Å². The number of nitrogens with one attached hydrogen (secondary N) is 1. The van der Waals surface area contributed by atoms with E-state index in [0.29, 0.717) is 17.0 Å². The molecular formula is C18H19NO6S. The van der Waals surface area contributed by atoms with Crippen molar-refractivity contribution >= 4 is 23.7 Å². The highest BCUT2D eigenvalue weighted by Gasteiger charge is 2.07. The zero-order valence-electron chi connectivity index (χ0n) is 13.9. The SMILES string of the molecule is CNCc1ccccc1Sc1cc(O)ccc1O.O=C(O)/C=C\C(=O)O. The lowest BCUT2D eigenvalue weighted by molar-refractivity contribution is -0.134. The molecule has 0 aliphatic rings. The Bertz CT molecular complexity index is 775. The molecule has 0 unspecified atom stereocenters. The number of carboxylic acid groups (broad SMARTS) is 2. The monoisotopic (exact) mass is 377 g/mol. The van der Waals surface area contributed by atoms with Gasteiger partial charge >= 0.3 is 11.9 Å². The Labute approximate surface area is 154 Å². The summed E-state index contributed by atoms with van der Waals surface area (Å²) in [6.45, 7) is 0.767. The average molecular weight is 377 g/mol. The molecule has 0 aliphatic carbocycles. The molecule has 2 aromatic carbocycles. The van der Waals surface area contributed by atoms with Crippen LogP contribution in [0.5, 0.6) is 11.5 Å². The molecule has 8 heteroatoms. The smallest absolute Gasteiger partial charge is 0.328 e. The highest BCUT2D eigenvalue weighted by Crippen LogP contribution is 2.37. The van der Waals surface area contributed by atoms with Gasteiger partial charge in [0.2, 0.25) is 0 Å². The Morgan fingerprint density at radius 1 is 1.00 bits per heavy atom. The number of hydrogen-bond acceptors (Lipinski definition) is 6. The number of aromatic hydroxyl groups is 2. The Hall–Kier alpha value is -2.97. The number of aliphatic carboxylic acids is 2. The molecule has 26 heavy (non-hydrogen) atoms. The van der Waals surface area contributed by atoms with Gasteiger partial charge in [-0.2, -0.15) is 0 Å². The maximum Gasteiger partial charge on any atom is 0.328 e. The van der Waals surface area contributed by atoms with Crippen molar-refractivity contribution in [3.63, 3.8) is 0 Å². The first-order chi connectivity index (χ1) is 12.3. The molecule has 0 saturated heterocycles. The maximum absolute atomic E-state index is 9.77. The van der Waals surface area contributed by atoms with Crippen LogP contribution in [0.2, 0.25) is 0 Å². The van der Waals surface area contributed by atoms with Gasteiger partial charge in [-0.25, -0.2) is 9.59 Å². The molecule has 0 radical (unpaired) electrons. The largest absolute Gasteiger partial charge is 0.508 e. The van der Waals surface area contributed by atoms with Crippen molar-refractivity contribution in [1.82, 2.24) is 5.32 Å². The molecular weight excluding hydrogens is 358 g/mol. The molecule has 0 bridgehead atoms. The van der Waals surface area contributed by atoms with Crippen LogP contribution in [0.4, 0.5) is 0 Å². The van der Waals surface area contributed by atoms with Crippen LogP contribution < -0.4 is 5.32 Å². The van der Waals surface area contributed by atoms with E-state index in [1.54, 1.807) is 6.07 Å². The topological polar surface area (TPSA) is 127 Å². The minimum atomic E-state index is -1.26. The fraction of sp³-hybridized carbons (Fsp3) is 0.111. The third-order valence-corrected chi connectivity index (χ3v) is 4.04. The van der Waals surface area contributed by atoms with Crippen molar-refractivity contribution in [3.8, 4) is 11.5 Å². The second-order valence-electron chi connectivity index (χ2n) is 4.90. The number of rotatable bonds is 6. The van der Waals surface area contributed by atoms with E-state index in [1.807, 2.05) is 31.3 Å². The first-order valence-electron chi connectivity index (χ1n) is 7.39. The van der Waals surface area contributed by atoms with Crippen LogP contribution in [0.3, 0.4) is 0 Å². The lowest BCUT2D eigenvalue weighted by atomic mass is 10.2. The number of phenols is 2. The Kier molecular flexibility index (Phi) is 8.76. The second kappa shape index (κ2) is 10.8. The number of hydrogen-bond donors (Lipinski definition) is 5. The van der Waals surface area contributed by atoms with Crippen molar-refractivity contribution in [2.24, 2.45) is 0 Å². The van der Waals surface area contributed by atoms with Gasteiger partial charge in [0.15, 0.2) is 0 Å². The molecule has 0 heterocycles. The van der Waals surface area contributed by atoms with Gasteiger partial charge in [-0.3, -0.25) is 0 Å². The van der Waals surface area contributed by atoms with Crippen LogP contribution in [-0.2, 0) is 16.1 Å². The van der Waals surface area contributed by atoms with E-state index < -0.39 is 11.9 Å². The summed E-state index contributed by atoms with van der Waals surface area (Å²) in [5.74, 6) is -2.18. The standard InChI is InChI=1S/C14H15NO2S.C4H4O4/c1-15-9-10-4-2-3-5-13(10)18-14-8-11(16)6-7-12(14)17;5-3(6)1-2-4(7)8/h2-8,15-17H,9H2,1H3;1-2H,(H,5,6)(H,7,8)/b;2-1-. The van der Waals surface area contributed by atoms with E-state index in [1.165, 1.54) is 23.9 Å². The number of benzene rings is 2. The van der Waals surface area contributed by atoms with Gasteiger partial charge in [-0.05, 0) is 36.9 Å². The molecule has 5 N–H and O–H groups in total. The fourth-order valence-electron chi connectivity index (χ4n) is 1.79. The van der Waals surface area contributed by atoms with Crippen LogP contribution in [0.15, 0.2) is 64.4 Å². The molecule has 7 nitrogen and oxygen atoms in total. The summed E-state index contributed by atoms with van der Waals surface area (Å²) in [7, 11) is 1.90. The molecule has 0 aliphatic heterocycles. The van der Waals surface area contributed by atoms with Gasteiger partial charge < -0.3 is 25.7 Å². The molecule has 0 fully saturated rings. The van der Waals surface area contributed by atoms with Crippen LogP contribution in [0, 0.1) is 0 Å². The van der Waals surface area contributed by atoms with Crippen molar-refractivity contribution in [2.45, 2.75) is 16.3 Å². The maximum atomic E-state index is 9.77. The fourth-order valence-corrected chi connectivity index (χ4v) is 2.79. The normalized spacial score (nSPS) is 10.2. The zero-order valence-corrected chi connectivity index (χ0v) is 14.7. The molecule has 0 saturated carbocycles. The minimum absolute atomic E-state index is 0.154. The summed E-state index contributed by atoms with van der Waals surface area (Å²) in [6, 6.07) is 12.5. The lowest BCUT2D eigenvalue weighted by Gasteiger charge is -2.09. The molecule has 2 rings (SSSR count). The summed E-state index contributed by atoms with van der Waals surface area (Å²) in [6.07, 6.45) is 1.12. The third-order valence-electron chi connectivity index (χ3n) is 2.87. The summed E-state index contributed by atoms with van der Waals surface area (Å²) < 4.78 is 0. The first-order valence-corrected chi connectivity index (χ1v) is 8.21. The van der Waals surface area contributed by atoms with E-state index in [4.69, 9.17) is 10.2 Å². The third kappa shape index (κ3) is 7.73. The predicted molar refractivity (Wildman–Crippen MR) is 97.5 cm³/mol. The molecule has 2 aromatic rings. The molecule has 0 atom stereocenters. The summed E-state index contributed by atoms with van der Waals surface area (Å²) in [4.78, 5) is 20.8. The lowest BCUT2D eigenvalue weighted by Crippen LogP contribution is -2.05. The summed E-state index contributed by atoms with van der Waals surface area (Å²) in [5.41, 5.74) is 1.16. The molecule has 0 amide bonds.